The van der Waals surface area contributed by atoms with Crippen LogP contribution in [-0.4, -0.2) is 194 Å². The molecule has 22 N–H and O–H groups in total. The number of carboxylic acid groups (broad SMARTS) is 1. The Balaban J connectivity index is 1.85. The van der Waals surface area contributed by atoms with Gasteiger partial charge in [-0.25, -0.2) is 4.98 Å². The van der Waals surface area contributed by atoms with Gasteiger partial charge in [-0.15, -0.1) is 0 Å². The van der Waals surface area contributed by atoms with Crippen LogP contribution in [0.3, 0.4) is 0 Å². The molecule has 2 aromatic carbocycles. The minimum Gasteiger partial charge on any atom is -0.480 e. The van der Waals surface area contributed by atoms with Crippen LogP contribution in [0.2, 0.25) is 0 Å². The highest BCUT2D eigenvalue weighted by atomic mass is 16.4. The van der Waals surface area contributed by atoms with E-state index in [4.69, 9.17) is 28.7 Å². The van der Waals surface area contributed by atoms with Crippen LogP contribution in [-0.2, 0) is 60.8 Å². The predicted molar refractivity (Wildman–Crippen MR) is 322 cm³/mol. The van der Waals surface area contributed by atoms with Crippen molar-refractivity contribution in [3.8, 4) is 0 Å². The lowest BCUT2D eigenvalue weighted by Crippen LogP contribution is -2.63. The molecule has 87 heavy (non-hydrogen) atoms. The van der Waals surface area contributed by atoms with Crippen molar-refractivity contribution >= 4 is 81.8 Å². The summed E-state index contributed by atoms with van der Waals surface area (Å²) in [6.45, 7) is 9.37. The number of rotatable bonds is 37. The average Bonchev–Trinajstić information content (AvgIpc) is 4.14. The Morgan fingerprint density at radius 2 is 1.17 bits per heavy atom. The largest absolute Gasteiger partial charge is 0.480 e. The van der Waals surface area contributed by atoms with Gasteiger partial charge >= 0.3 is 5.97 Å². The lowest BCUT2D eigenvalue weighted by molar-refractivity contribution is -0.148. The lowest BCUT2D eigenvalue weighted by Gasteiger charge is -2.34. The molecule has 1 heterocycles. The van der Waals surface area contributed by atoms with Crippen molar-refractivity contribution < 1.29 is 63.3 Å². The first-order chi connectivity index (χ1) is 41.1. The van der Waals surface area contributed by atoms with E-state index in [2.05, 4.69) is 62.5 Å². The number of nitrogens with zero attached hydrogens (tertiary/aromatic N) is 4. The first-order valence-corrected chi connectivity index (χ1v) is 28.7. The summed E-state index contributed by atoms with van der Waals surface area (Å²) in [5.41, 5.74) is 28.7. The van der Waals surface area contributed by atoms with Gasteiger partial charge in [-0.2, -0.15) is 0 Å². The Morgan fingerprint density at radius 1 is 0.621 bits per heavy atom. The van der Waals surface area contributed by atoms with Crippen LogP contribution in [0.5, 0.6) is 0 Å². The molecule has 0 aliphatic rings. The van der Waals surface area contributed by atoms with E-state index in [9.17, 15) is 63.3 Å². The maximum atomic E-state index is 14.6. The van der Waals surface area contributed by atoms with E-state index < -0.39 is 145 Å². The highest BCUT2D eigenvalue weighted by Gasteiger charge is 2.38. The van der Waals surface area contributed by atoms with Gasteiger partial charge in [-0.3, -0.25) is 57.9 Å². The number of H-pyrrole nitrogens is 1. The summed E-state index contributed by atoms with van der Waals surface area (Å²) in [6, 6.07) is 0.677. The number of fused-ring (bicyclic) bond motifs is 1. The van der Waals surface area contributed by atoms with E-state index in [-0.39, 0.29) is 57.1 Å². The summed E-state index contributed by atoms with van der Waals surface area (Å²) < 4.78 is 0. The molecule has 0 aliphatic carbocycles. The molecule has 3 rings (SSSR count). The number of guanidine groups is 2. The topological polar surface area (TPSA) is 514 Å². The third-order valence-corrected chi connectivity index (χ3v) is 14.2. The van der Waals surface area contributed by atoms with E-state index >= 15 is 0 Å². The molecular formula is C56H88N18O13. The second-order valence-corrected chi connectivity index (χ2v) is 21.3. The molecule has 1 aromatic heterocycles. The molecule has 0 fully saturated rings. The highest BCUT2D eigenvalue weighted by Crippen LogP contribution is 2.21. The fourth-order valence-electron chi connectivity index (χ4n) is 8.87. The molecule has 31 nitrogen and oxygen atoms in total. The Bertz CT molecular complexity index is 2860. The third kappa shape index (κ3) is 24.1. The summed E-state index contributed by atoms with van der Waals surface area (Å²) in [4.78, 5) is 152. The molecule has 12 atom stereocenters. The molecule has 480 valence electrons. The van der Waals surface area contributed by atoms with E-state index in [0.717, 1.165) is 29.5 Å². The fourth-order valence-corrected chi connectivity index (χ4v) is 8.87. The Hall–Kier alpha value is -8.97. The molecular weight excluding hydrogens is 1130 g/mol. The van der Waals surface area contributed by atoms with Gasteiger partial charge in [0.25, 0.3) is 0 Å². The van der Waals surface area contributed by atoms with Crippen molar-refractivity contribution in [1.82, 2.24) is 57.4 Å². The number of benzene rings is 2. The number of hydrogen-bond donors (Lipinski definition) is 17. The third-order valence-electron chi connectivity index (χ3n) is 14.2. The first kappa shape index (κ1) is 72.3. The SMILES string of the molecule is CCC(C)[C@H](NC(=O)[C@@H](CCCN=C(N)N)NC(=O)CNC(=O)[C@@H](NC(=O)[C@@H](NC(=O)[C@H](Cc1cnc[nH]1)NC(=O)[C@H](Cc1cccc2ccccc12)NC(=O)[C@H](C)NC(=O)[C@@H](N)CCCN=C(N)N)[C@@H](C)O)[C@@H](C)O)C(=O)N(CC(=O)O)C(C)CC. The van der Waals surface area contributed by atoms with E-state index in [1.807, 2.05) is 24.3 Å². The quantitative estimate of drug-likeness (QED) is 0.0148. The van der Waals surface area contributed by atoms with Crippen LogP contribution in [0.25, 0.3) is 10.8 Å². The van der Waals surface area contributed by atoms with Crippen LogP contribution in [0.4, 0.5) is 0 Å². The number of aromatic nitrogens is 2. The minimum atomic E-state index is -1.87. The van der Waals surface area contributed by atoms with Crippen molar-refractivity contribution in [2.24, 2.45) is 44.6 Å². The zero-order valence-corrected chi connectivity index (χ0v) is 50.2. The number of carbonyl (C=O) groups excluding carboxylic acids is 9. The van der Waals surface area contributed by atoms with Gasteiger partial charge in [-0.05, 0) is 82.1 Å². The molecule has 3 aromatic rings. The van der Waals surface area contributed by atoms with Crippen LogP contribution in [0.15, 0.2) is 65.0 Å². The zero-order valence-electron chi connectivity index (χ0n) is 50.2. The maximum absolute atomic E-state index is 14.6. The number of aromatic amines is 1. The number of carbonyl (C=O) groups is 10. The standard InChI is InChI=1S/C56H88N18O13/c1-8-29(3)44(54(87)74(27-43(78)79)30(4)9-2)71-49(82)39(20-14-22-64-56(60)61)68-42(77)26-65-52(85)45(32(6)75)73-53(86)46(33(7)76)72-51(84)41(24-36-25-62-28-66-36)70-50(83)40(23-35-17-12-16-34-15-10-11-18-37(34)35)69-47(80)31(5)67-48(81)38(57)19-13-21-63-55(58)59/h10-12,15-18,25,28-33,38-41,44-46,75-76H,8-9,13-14,19-24,26-27,57H2,1-7H3,(H,62,66)(H,65,85)(H,67,81)(H,68,77)(H,69,80)(H,70,83)(H,71,82)(H,72,84)(H,73,86)(H,78,79)(H4,58,59,63)(H4,60,61,64)/t29?,30?,31-,32+,33+,38-,39+,40-,41-,44-,45-,46-/m0/s1. The molecule has 0 radical (unpaired) electrons. The van der Waals surface area contributed by atoms with Crippen molar-refractivity contribution in [2.75, 3.05) is 26.2 Å². The Morgan fingerprint density at radius 3 is 1.76 bits per heavy atom. The van der Waals surface area contributed by atoms with Crippen molar-refractivity contribution in [3.63, 3.8) is 0 Å². The van der Waals surface area contributed by atoms with Gasteiger partial charge < -0.3 is 96.4 Å². The zero-order chi connectivity index (χ0) is 65.1. The van der Waals surface area contributed by atoms with Gasteiger partial charge in [-0.1, -0.05) is 69.7 Å². The smallest absolute Gasteiger partial charge is 0.323 e. The first-order valence-electron chi connectivity index (χ1n) is 28.7. The molecule has 2 unspecified atom stereocenters. The number of imidazole rings is 1. The molecule has 0 aliphatic heterocycles. The monoisotopic (exact) mass is 1220 g/mol. The van der Waals surface area contributed by atoms with Crippen molar-refractivity contribution in [1.29, 1.82) is 0 Å². The number of nitrogens with one attached hydrogen (secondary N) is 9. The number of aliphatic carboxylic acids is 1. The Labute approximate surface area is 504 Å². The van der Waals surface area contributed by atoms with Crippen molar-refractivity contribution in [3.05, 3.63) is 66.2 Å². The molecule has 0 saturated heterocycles. The second-order valence-electron chi connectivity index (χ2n) is 21.3. The molecule has 0 spiro atoms. The van der Waals surface area contributed by atoms with Crippen LogP contribution in [0, 0.1) is 5.92 Å². The number of hydrogen-bond acceptors (Lipinski definition) is 16. The van der Waals surface area contributed by atoms with Crippen LogP contribution >= 0.6 is 0 Å². The average molecular weight is 1220 g/mol. The normalized spacial score (nSPS) is 15.2. The van der Waals surface area contributed by atoms with Gasteiger partial charge in [0.05, 0.1) is 31.1 Å². The van der Waals surface area contributed by atoms with E-state index in [0.29, 0.717) is 30.5 Å². The number of amides is 9. The van der Waals surface area contributed by atoms with Gasteiger partial charge in [0, 0.05) is 43.9 Å². The highest BCUT2D eigenvalue weighted by molar-refractivity contribution is 5.99. The van der Waals surface area contributed by atoms with E-state index in [1.54, 1.807) is 45.9 Å². The van der Waals surface area contributed by atoms with Gasteiger partial charge in [0.1, 0.15) is 48.8 Å². The number of aliphatic imine (C=N–C) groups is 2. The summed E-state index contributed by atoms with van der Waals surface area (Å²) >= 11 is 0. The van der Waals surface area contributed by atoms with Crippen molar-refractivity contribution in [2.45, 2.75) is 166 Å². The number of nitrogens with two attached hydrogens (primary N) is 5. The molecule has 0 bridgehead atoms. The maximum Gasteiger partial charge on any atom is 0.323 e. The summed E-state index contributed by atoms with van der Waals surface area (Å²) in [6.07, 6.45) is 0.327. The predicted octanol–water partition coefficient (Wildman–Crippen LogP) is -4.17. The molecule has 31 heteroatoms. The number of aliphatic hydroxyl groups is 2. The molecule has 9 amide bonds. The second kappa shape index (κ2) is 36.1. The summed E-state index contributed by atoms with van der Waals surface area (Å²) in [5, 5.41) is 52.9. The Kier molecular flexibility index (Phi) is 30.0. The molecule has 0 saturated carbocycles. The van der Waals surface area contributed by atoms with Gasteiger partial charge in [0.2, 0.25) is 53.2 Å². The summed E-state index contributed by atoms with van der Waals surface area (Å²) in [5.74, 6) is -10.2. The minimum absolute atomic E-state index is 0.0361. The van der Waals surface area contributed by atoms with Crippen LogP contribution < -0.4 is 71.2 Å². The lowest BCUT2D eigenvalue weighted by atomic mass is 9.96. The van der Waals surface area contributed by atoms with E-state index in [1.165, 1.54) is 19.4 Å². The number of aliphatic hydroxyl groups excluding tert-OH is 2. The summed E-state index contributed by atoms with van der Waals surface area (Å²) in [7, 11) is 0. The van der Waals surface area contributed by atoms with Gasteiger partial charge in [0.15, 0.2) is 11.9 Å². The number of carboxylic acids is 1. The van der Waals surface area contributed by atoms with Crippen LogP contribution in [0.1, 0.15) is 98.2 Å². The fraction of sp³-hybridized carbons (Fsp3) is 0.554.